The Balaban J connectivity index is 2.28. The van der Waals surface area contributed by atoms with Crippen LogP contribution in [0.4, 0.5) is 0 Å². The lowest BCUT2D eigenvalue weighted by atomic mass is 9.91. The number of hydrogen-bond acceptors (Lipinski definition) is 3. The van der Waals surface area contributed by atoms with E-state index in [2.05, 4.69) is 5.92 Å². The van der Waals surface area contributed by atoms with Crippen LogP contribution < -0.4 is 5.73 Å². The first-order valence-corrected chi connectivity index (χ1v) is 5.03. The zero-order valence-electron chi connectivity index (χ0n) is 8.37. The summed E-state index contributed by atoms with van der Waals surface area (Å²) < 4.78 is 5.21. The zero-order valence-corrected chi connectivity index (χ0v) is 8.37. The quantitative estimate of drug-likeness (QED) is 0.673. The summed E-state index contributed by atoms with van der Waals surface area (Å²) in [6.45, 7) is 1.53. The third-order valence-corrected chi connectivity index (χ3v) is 2.58. The second-order valence-corrected chi connectivity index (χ2v) is 3.74. The lowest BCUT2D eigenvalue weighted by Crippen LogP contribution is -2.32. The summed E-state index contributed by atoms with van der Waals surface area (Å²) in [4.78, 5) is 11.5. The van der Waals surface area contributed by atoms with Crippen molar-refractivity contribution in [2.75, 3.05) is 13.2 Å². The van der Waals surface area contributed by atoms with E-state index in [4.69, 9.17) is 16.9 Å². The average Bonchev–Trinajstić information content (AvgIpc) is 2.19. The third-order valence-electron chi connectivity index (χ3n) is 2.58. The molecule has 0 bridgehead atoms. The van der Waals surface area contributed by atoms with Gasteiger partial charge in [0.05, 0.1) is 6.04 Å². The molecule has 1 aliphatic heterocycles. The van der Waals surface area contributed by atoms with Crippen LogP contribution in [0.15, 0.2) is 0 Å². The first-order valence-electron chi connectivity index (χ1n) is 5.03. The first-order chi connectivity index (χ1) is 6.74. The molecule has 78 valence electrons. The second-order valence-electron chi connectivity index (χ2n) is 3.74. The monoisotopic (exact) mass is 195 g/mol. The maximum absolute atomic E-state index is 11.5. The van der Waals surface area contributed by atoms with Crippen LogP contribution in [0.1, 0.15) is 25.7 Å². The number of ether oxygens (including phenoxy) is 1. The second kappa shape index (κ2) is 5.79. The minimum atomic E-state index is -0.470. The Hall–Kier alpha value is -0.850. The number of terminal acetylenes is 1. The summed E-state index contributed by atoms with van der Waals surface area (Å²) in [6.07, 6.45) is 7.94. The molecule has 1 unspecified atom stereocenters. The number of carbonyl (C=O) groups excluding carboxylic acids is 1. The highest BCUT2D eigenvalue weighted by Gasteiger charge is 2.20. The van der Waals surface area contributed by atoms with Crippen LogP contribution in [-0.2, 0) is 9.53 Å². The van der Waals surface area contributed by atoms with Crippen molar-refractivity contribution in [3.05, 3.63) is 0 Å². The van der Waals surface area contributed by atoms with Gasteiger partial charge >= 0.3 is 0 Å². The molecule has 1 aliphatic rings. The summed E-state index contributed by atoms with van der Waals surface area (Å²) >= 11 is 0. The Morgan fingerprint density at radius 3 is 2.79 bits per heavy atom. The van der Waals surface area contributed by atoms with Gasteiger partial charge in [-0.1, -0.05) is 0 Å². The van der Waals surface area contributed by atoms with Crippen LogP contribution in [0.3, 0.4) is 0 Å². The Kier molecular flexibility index (Phi) is 4.64. The van der Waals surface area contributed by atoms with Gasteiger partial charge in [0, 0.05) is 26.1 Å². The maximum atomic E-state index is 11.5. The normalized spacial score (nSPS) is 20.0. The highest BCUT2D eigenvalue weighted by molar-refractivity contribution is 5.84. The molecule has 0 radical (unpaired) electrons. The van der Waals surface area contributed by atoms with Gasteiger partial charge in [-0.05, 0) is 18.8 Å². The lowest BCUT2D eigenvalue weighted by molar-refractivity contribution is -0.121. The summed E-state index contributed by atoms with van der Waals surface area (Å²) in [5, 5.41) is 0. The van der Waals surface area contributed by atoms with Crippen LogP contribution in [-0.4, -0.2) is 25.0 Å². The largest absolute Gasteiger partial charge is 0.381 e. The molecular weight excluding hydrogens is 178 g/mol. The van der Waals surface area contributed by atoms with Crippen molar-refractivity contribution >= 4 is 5.78 Å². The van der Waals surface area contributed by atoms with E-state index in [-0.39, 0.29) is 5.78 Å². The molecule has 3 heteroatoms. The maximum Gasteiger partial charge on any atom is 0.150 e. The highest BCUT2D eigenvalue weighted by atomic mass is 16.5. The molecule has 1 heterocycles. The molecular formula is C11H17NO2. The van der Waals surface area contributed by atoms with E-state index in [1.54, 1.807) is 0 Å². The van der Waals surface area contributed by atoms with Gasteiger partial charge in [-0.3, -0.25) is 4.79 Å². The molecule has 1 fully saturated rings. The molecule has 2 N–H and O–H groups in total. The minimum absolute atomic E-state index is 0.0925. The van der Waals surface area contributed by atoms with Gasteiger partial charge < -0.3 is 10.5 Å². The fourth-order valence-electron chi connectivity index (χ4n) is 1.63. The highest BCUT2D eigenvalue weighted by Crippen LogP contribution is 2.19. The molecule has 0 spiro atoms. The fourth-order valence-corrected chi connectivity index (χ4v) is 1.63. The number of ketones is 1. The molecule has 0 aliphatic carbocycles. The number of rotatable bonds is 4. The van der Waals surface area contributed by atoms with Crippen molar-refractivity contribution in [2.24, 2.45) is 11.7 Å². The van der Waals surface area contributed by atoms with Crippen molar-refractivity contribution in [3.8, 4) is 12.3 Å². The van der Waals surface area contributed by atoms with Gasteiger partial charge in [-0.15, -0.1) is 12.3 Å². The van der Waals surface area contributed by atoms with Gasteiger partial charge in [-0.2, -0.15) is 0 Å². The summed E-state index contributed by atoms with van der Waals surface area (Å²) in [5.41, 5.74) is 5.62. The van der Waals surface area contributed by atoms with Gasteiger partial charge in [0.1, 0.15) is 0 Å². The molecule has 1 atom stereocenters. The molecule has 3 nitrogen and oxygen atoms in total. The number of nitrogens with two attached hydrogens (primary N) is 1. The standard InChI is InChI=1S/C11H17NO2/c1-2-3-10(12)11(13)8-9-4-6-14-7-5-9/h1,9-10H,3-8,12H2. The van der Waals surface area contributed by atoms with E-state index >= 15 is 0 Å². The van der Waals surface area contributed by atoms with Crippen LogP contribution in [0.25, 0.3) is 0 Å². The number of Topliss-reactive ketones (excluding diaryl/α,β-unsaturated/α-hetero) is 1. The summed E-state index contributed by atoms with van der Waals surface area (Å²) in [6, 6.07) is -0.470. The number of hydrogen-bond donors (Lipinski definition) is 1. The molecule has 0 saturated carbocycles. The predicted octanol–water partition coefficient (Wildman–Crippen LogP) is 0.723. The van der Waals surface area contributed by atoms with Crippen molar-refractivity contribution in [1.29, 1.82) is 0 Å². The van der Waals surface area contributed by atoms with Gasteiger partial charge in [-0.25, -0.2) is 0 Å². The molecule has 14 heavy (non-hydrogen) atoms. The van der Waals surface area contributed by atoms with E-state index in [1.807, 2.05) is 0 Å². The minimum Gasteiger partial charge on any atom is -0.381 e. The first kappa shape index (κ1) is 11.2. The van der Waals surface area contributed by atoms with Crippen LogP contribution >= 0.6 is 0 Å². The van der Waals surface area contributed by atoms with Crippen molar-refractivity contribution in [3.63, 3.8) is 0 Å². The SMILES string of the molecule is C#CCC(N)C(=O)CC1CCOCC1. The summed E-state index contributed by atoms with van der Waals surface area (Å²) in [5.74, 6) is 2.95. The lowest BCUT2D eigenvalue weighted by Gasteiger charge is -2.22. The summed E-state index contributed by atoms with van der Waals surface area (Å²) in [7, 11) is 0. The topological polar surface area (TPSA) is 52.3 Å². The Morgan fingerprint density at radius 2 is 2.21 bits per heavy atom. The fraction of sp³-hybridized carbons (Fsp3) is 0.727. The predicted molar refractivity (Wildman–Crippen MR) is 54.6 cm³/mol. The van der Waals surface area contributed by atoms with E-state index in [0.717, 1.165) is 26.1 Å². The third kappa shape index (κ3) is 3.49. The van der Waals surface area contributed by atoms with Crippen molar-refractivity contribution < 1.29 is 9.53 Å². The number of carbonyl (C=O) groups is 1. The smallest absolute Gasteiger partial charge is 0.150 e. The molecule has 0 amide bonds. The molecule has 1 saturated heterocycles. The van der Waals surface area contributed by atoms with Gasteiger partial charge in [0.15, 0.2) is 5.78 Å². The zero-order chi connectivity index (χ0) is 10.4. The molecule has 0 aromatic carbocycles. The van der Waals surface area contributed by atoms with Crippen molar-refractivity contribution in [2.45, 2.75) is 31.7 Å². The van der Waals surface area contributed by atoms with E-state index in [9.17, 15) is 4.79 Å². The average molecular weight is 195 g/mol. The van der Waals surface area contributed by atoms with Crippen LogP contribution in [0.5, 0.6) is 0 Å². The Labute approximate surface area is 85.0 Å². The van der Waals surface area contributed by atoms with Crippen LogP contribution in [0, 0.1) is 18.3 Å². The molecule has 1 rings (SSSR count). The Morgan fingerprint density at radius 1 is 1.57 bits per heavy atom. The van der Waals surface area contributed by atoms with E-state index in [1.165, 1.54) is 0 Å². The van der Waals surface area contributed by atoms with Crippen LogP contribution in [0.2, 0.25) is 0 Å². The van der Waals surface area contributed by atoms with E-state index in [0.29, 0.717) is 18.8 Å². The van der Waals surface area contributed by atoms with Gasteiger partial charge in [0.25, 0.3) is 0 Å². The van der Waals surface area contributed by atoms with Crippen molar-refractivity contribution in [1.82, 2.24) is 0 Å². The van der Waals surface area contributed by atoms with Gasteiger partial charge in [0.2, 0.25) is 0 Å². The Bertz CT molecular complexity index is 226. The molecule has 0 aromatic heterocycles. The molecule has 0 aromatic rings. The van der Waals surface area contributed by atoms with E-state index < -0.39 is 6.04 Å².